The van der Waals surface area contributed by atoms with Crippen molar-refractivity contribution >= 4 is 26.8 Å². The van der Waals surface area contributed by atoms with E-state index in [4.69, 9.17) is 0 Å². The minimum atomic E-state index is -7.80. The Balaban J connectivity index is 7.72. The van der Waals surface area contributed by atoms with E-state index in [9.17, 15) is 43.2 Å². The van der Waals surface area contributed by atoms with Gasteiger partial charge in [0.2, 0.25) is 0 Å². The van der Waals surface area contributed by atoms with Crippen LogP contribution in [0.4, 0.5) is 43.9 Å². The Morgan fingerprint density at radius 3 is 0.741 bits per heavy atom. The quantitative estimate of drug-likeness (QED) is 0.0374. The van der Waals surface area contributed by atoms with Gasteiger partial charge in [0.05, 0.1) is 0 Å². The number of unbranched alkanes of at least 4 members (excludes halogenated alkanes) is 20. The fourth-order valence-corrected chi connectivity index (χ4v) is 23.6. The Kier molecular flexibility index (Phi) is 23.7. The summed E-state index contributed by atoms with van der Waals surface area (Å²) in [6.45, 7) is 1.73. The average molecular weight is 864 g/mol. The van der Waals surface area contributed by atoms with Crippen LogP contribution in [0, 0.1) is 0 Å². The van der Waals surface area contributed by atoms with Gasteiger partial charge in [0.25, 0.3) is 0 Å². The van der Waals surface area contributed by atoms with Crippen molar-refractivity contribution < 1.29 is 60.7 Å². The van der Waals surface area contributed by atoms with E-state index in [1.54, 1.807) is 20.8 Å². The molecule has 0 rings (SSSR count). The summed E-state index contributed by atoms with van der Waals surface area (Å²) >= 11 is 0. The van der Waals surface area contributed by atoms with Gasteiger partial charge >= 0.3 is 307 Å². The van der Waals surface area contributed by atoms with Gasteiger partial charge in [-0.15, -0.1) is 0 Å². The normalized spacial score (nSPS) is 14.8. The van der Waals surface area contributed by atoms with Crippen LogP contribution in [0.2, 0.25) is 0 Å². The van der Waals surface area contributed by atoms with Crippen LogP contribution in [0.15, 0.2) is 0 Å². The van der Waals surface area contributed by atoms with Crippen LogP contribution in [0.1, 0.15) is 182 Å². The van der Waals surface area contributed by atoms with Crippen molar-refractivity contribution in [2.75, 3.05) is 24.6 Å². The summed E-state index contributed by atoms with van der Waals surface area (Å²) in [7, 11) is -15.6. The van der Waals surface area contributed by atoms with Crippen LogP contribution in [-0.4, -0.2) is 67.8 Å². The van der Waals surface area contributed by atoms with Gasteiger partial charge in [-0.05, 0) is 0 Å². The van der Waals surface area contributed by atoms with Crippen LogP contribution in [0.5, 0.6) is 0 Å². The number of sulfonamides is 2. The monoisotopic (exact) mass is 863 g/mol. The van der Waals surface area contributed by atoms with Crippen LogP contribution in [0.25, 0.3) is 0 Å². The van der Waals surface area contributed by atoms with Gasteiger partial charge in [-0.2, -0.15) is 0 Å². The summed E-state index contributed by atoms with van der Waals surface area (Å²) in [5, 5.41) is -14.0. The van der Waals surface area contributed by atoms with Gasteiger partial charge in [-0.3, -0.25) is 0 Å². The van der Waals surface area contributed by atoms with Crippen molar-refractivity contribution in [3.8, 4) is 0 Å². The molecule has 0 radical (unpaired) electrons. The van der Waals surface area contributed by atoms with Gasteiger partial charge in [0, 0.05) is 0 Å². The average Bonchev–Trinajstić information content (AvgIpc) is 3.06. The van der Waals surface area contributed by atoms with Gasteiger partial charge < -0.3 is 0 Å². The van der Waals surface area contributed by atoms with Crippen LogP contribution in [-0.2, 0) is 20.0 Å². The van der Waals surface area contributed by atoms with Gasteiger partial charge in [0.15, 0.2) is 0 Å². The zero-order valence-electron chi connectivity index (χ0n) is 32.9. The summed E-state index contributed by atoms with van der Waals surface area (Å²) in [5.74, 6) is 0. The standard InChI is InChI=1S/C36H68F10NO4PS2/c1-5-9-13-17-18-19-20-21-22-23-24-28-32-52(29-25-14-10-6-2,30-26-15-11-7-3,31-27-16-12-8-4)47(53(48,49)35(43,44)33(37,38)39)54(50,51)36(45,46)34(40,41)42/h5-32H2,1-4H3. The summed E-state index contributed by atoms with van der Waals surface area (Å²) in [6, 6.07) is 0. The molecule has 54 heavy (non-hydrogen) atoms. The van der Waals surface area contributed by atoms with Gasteiger partial charge in [-0.25, -0.2) is 0 Å². The summed E-state index contributed by atoms with van der Waals surface area (Å²) in [4.78, 5) is 0. The molecule has 328 valence electrons. The molecule has 0 aromatic heterocycles. The van der Waals surface area contributed by atoms with Crippen molar-refractivity contribution in [2.24, 2.45) is 0 Å². The summed E-state index contributed by atoms with van der Waals surface area (Å²) < 4.78 is 199. The van der Waals surface area contributed by atoms with E-state index < -0.39 is 77.8 Å². The number of rotatable bonds is 33. The minimum absolute atomic E-state index is 0.138. The maximum atomic E-state index is 15.4. The Morgan fingerprint density at radius 1 is 0.352 bits per heavy atom. The molecule has 0 aromatic rings. The molecule has 0 saturated carbocycles. The van der Waals surface area contributed by atoms with Crippen LogP contribution < -0.4 is 0 Å². The number of halogens is 10. The molecule has 0 saturated heterocycles. The molecular formula is C36H68F10NO4PS2. The Hall–Kier alpha value is -0.410. The summed E-state index contributed by atoms with van der Waals surface area (Å²) in [6.07, 6.45) is -4.01. The second-order valence-corrected chi connectivity index (χ2v) is 25.5. The van der Waals surface area contributed by atoms with E-state index in [1.807, 2.05) is 0 Å². The predicted molar refractivity (Wildman–Crippen MR) is 202 cm³/mol. The first-order valence-electron chi connectivity index (χ1n) is 20.1. The molecule has 0 N–H and O–H groups in total. The van der Waals surface area contributed by atoms with E-state index in [0.29, 0.717) is 51.4 Å². The third kappa shape index (κ3) is 14.5. The van der Waals surface area contributed by atoms with Crippen molar-refractivity contribution in [1.82, 2.24) is 3.48 Å². The number of alkyl halides is 10. The van der Waals surface area contributed by atoms with Crippen molar-refractivity contribution in [3.05, 3.63) is 0 Å². The molecule has 0 aliphatic heterocycles. The maximum absolute atomic E-state index is 15.4. The summed E-state index contributed by atoms with van der Waals surface area (Å²) in [5.41, 5.74) is 0. The fraction of sp³-hybridized carbons (Fsp3) is 1.00. The molecule has 0 fully saturated rings. The van der Waals surface area contributed by atoms with Crippen molar-refractivity contribution in [2.45, 2.75) is 205 Å². The predicted octanol–water partition coefficient (Wildman–Crippen LogP) is 14.2. The Bertz CT molecular complexity index is 1160. The molecule has 0 heterocycles. The second-order valence-electron chi connectivity index (χ2n) is 15.1. The van der Waals surface area contributed by atoms with Gasteiger partial charge in [-0.1, -0.05) is 13.3 Å². The zero-order chi connectivity index (χ0) is 41.8. The molecule has 5 nitrogen and oxygen atoms in total. The van der Waals surface area contributed by atoms with E-state index in [-0.39, 0.29) is 51.4 Å². The molecule has 0 unspecified atom stereocenters. The SMILES string of the molecule is CCCCCCCCCCCCCCP(CCCCCC)(CCCCCC)(CCCCCC)N(S(=O)(=O)C(F)(F)C(F)(F)F)S(=O)(=O)C(F)(F)C(F)(F)F. The molecule has 0 spiro atoms. The number of nitrogens with zero attached hydrogens (tertiary/aromatic N) is 1. The molecule has 0 aliphatic carbocycles. The molecule has 0 aliphatic rings. The third-order valence-electron chi connectivity index (χ3n) is 10.5. The Morgan fingerprint density at radius 2 is 0.537 bits per heavy atom. The van der Waals surface area contributed by atoms with E-state index in [1.165, 1.54) is 0 Å². The molecule has 0 bridgehead atoms. The zero-order valence-corrected chi connectivity index (χ0v) is 35.4. The van der Waals surface area contributed by atoms with Crippen LogP contribution >= 0.6 is 6.75 Å². The van der Waals surface area contributed by atoms with E-state index in [2.05, 4.69) is 6.92 Å². The first-order chi connectivity index (χ1) is 24.9. The molecule has 0 amide bonds. The molecular weight excluding hydrogens is 795 g/mol. The fourth-order valence-electron chi connectivity index (χ4n) is 7.42. The Labute approximate surface area is 319 Å². The molecule has 18 heteroatoms. The molecule has 0 aromatic carbocycles. The van der Waals surface area contributed by atoms with Crippen molar-refractivity contribution in [3.63, 3.8) is 0 Å². The third-order valence-corrected chi connectivity index (χ3v) is 25.1. The number of hydrogen-bond acceptors (Lipinski definition) is 4. The van der Waals surface area contributed by atoms with Gasteiger partial charge in [0.1, 0.15) is 0 Å². The first-order valence-corrected chi connectivity index (χ1v) is 25.9. The van der Waals surface area contributed by atoms with E-state index in [0.717, 1.165) is 51.4 Å². The first kappa shape index (κ1) is 53.6. The van der Waals surface area contributed by atoms with Crippen molar-refractivity contribution in [1.29, 1.82) is 0 Å². The number of hydrogen-bond donors (Lipinski definition) is 0. The molecule has 0 atom stereocenters. The topological polar surface area (TPSA) is 71.5 Å². The van der Waals surface area contributed by atoms with E-state index >= 15 is 17.6 Å². The van der Waals surface area contributed by atoms with Crippen LogP contribution in [0.3, 0.4) is 0 Å². The second kappa shape index (κ2) is 23.9.